The Labute approximate surface area is 112 Å². The zero-order valence-electron chi connectivity index (χ0n) is 10.2. The molecule has 1 aromatic carbocycles. The van der Waals surface area contributed by atoms with Gasteiger partial charge in [0.25, 0.3) is 0 Å². The Morgan fingerprint density at radius 3 is 3.00 bits per heavy atom. The Bertz CT molecular complexity index is 376. The van der Waals surface area contributed by atoms with Crippen molar-refractivity contribution in [3.05, 3.63) is 33.8 Å². The predicted octanol–water partition coefficient (Wildman–Crippen LogP) is 2.67. The first kappa shape index (κ1) is 13.1. The molecule has 2 rings (SSSR count). The maximum atomic E-state index is 9.22. The third-order valence-corrected chi connectivity index (χ3v) is 4.07. The fourth-order valence-electron chi connectivity index (χ4n) is 2.50. The molecule has 1 aliphatic rings. The van der Waals surface area contributed by atoms with Gasteiger partial charge in [-0.25, -0.2) is 0 Å². The second-order valence-electron chi connectivity index (χ2n) is 4.81. The summed E-state index contributed by atoms with van der Waals surface area (Å²) in [6.07, 6.45) is 4.37. The molecule has 94 valence electrons. The Hall–Kier alpha value is -0.380. The van der Waals surface area contributed by atoms with Crippen LogP contribution in [0.25, 0.3) is 0 Å². The fourth-order valence-corrected chi connectivity index (χ4v) is 2.91. The van der Waals surface area contributed by atoms with Crippen LogP contribution in [0.2, 0.25) is 0 Å². The van der Waals surface area contributed by atoms with Gasteiger partial charge in [-0.3, -0.25) is 0 Å². The summed E-state index contributed by atoms with van der Waals surface area (Å²) < 4.78 is 1.17. The van der Waals surface area contributed by atoms with Crippen molar-refractivity contribution >= 4 is 15.9 Å². The summed E-state index contributed by atoms with van der Waals surface area (Å²) in [7, 11) is 0. The summed E-state index contributed by atoms with van der Waals surface area (Å²) in [5.41, 5.74) is 2.92. The quantitative estimate of drug-likeness (QED) is 0.896. The first-order valence-electron chi connectivity index (χ1n) is 6.37. The Morgan fingerprint density at radius 2 is 2.29 bits per heavy atom. The highest BCUT2D eigenvalue weighted by atomic mass is 79.9. The average molecular weight is 298 g/mol. The lowest BCUT2D eigenvalue weighted by atomic mass is 9.88. The van der Waals surface area contributed by atoms with E-state index in [0.717, 1.165) is 19.3 Å². The number of halogens is 1. The lowest BCUT2D eigenvalue weighted by molar-refractivity contribution is 0.223. The summed E-state index contributed by atoms with van der Waals surface area (Å²) in [5.74, 6) is 0. The van der Waals surface area contributed by atoms with Gasteiger partial charge in [0.15, 0.2) is 0 Å². The third kappa shape index (κ3) is 3.30. The highest BCUT2D eigenvalue weighted by molar-refractivity contribution is 9.10. The van der Waals surface area contributed by atoms with Crippen molar-refractivity contribution in [2.45, 2.75) is 44.7 Å². The van der Waals surface area contributed by atoms with Crippen LogP contribution in [0.4, 0.5) is 0 Å². The third-order valence-electron chi connectivity index (χ3n) is 3.58. The summed E-state index contributed by atoms with van der Waals surface area (Å²) in [5, 5.41) is 12.8. The molecule has 17 heavy (non-hydrogen) atoms. The van der Waals surface area contributed by atoms with E-state index >= 15 is 0 Å². The van der Waals surface area contributed by atoms with Gasteiger partial charge in [-0.05, 0) is 48.9 Å². The standard InChI is InChI=1S/C14H20BrNO/c1-2-13(9-17)16-14-6-4-10-7-12(15)5-3-11(10)8-14/h3,5,7,13-14,16-17H,2,4,6,8-9H2,1H3/t13-,14?/m0/s1. The normalized spacial score (nSPS) is 21.0. The number of nitrogens with one attached hydrogen (secondary N) is 1. The van der Waals surface area contributed by atoms with Gasteiger partial charge < -0.3 is 10.4 Å². The maximum absolute atomic E-state index is 9.22. The number of aliphatic hydroxyl groups excluding tert-OH is 1. The molecule has 0 spiro atoms. The van der Waals surface area contributed by atoms with Crippen molar-refractivity contribution in [3.63, 3.8) is 0 Å². The molecule has 0 heterocycles. The first-order chi connectivity index (χ1) is 8.22. The molecule has 2 nitrogen and oxygen atoms in total. The number of aryl methyl sites for hydroxylation is 1. The van der Waals surface area contributed by atoms with Crippen molar-refractivity contribution in [2.24, 2.45) is 0 Å². The molecule has 0 saturated heterocycles. The van der Waals surface area contributed by atoms with Crippen molar-refractivity contribution < 1.29 is 5.11 Å². The van der Waals surface area contributed by atoms with Crippen LogP contribution in [-0.4, -0.2) is 23.8 Å². The van der Waals surface area contributed by atoms with Crippen LogP contribution >= 0.6 is 15.9 Å². The van der Waals surface area contributed by atoms with Gasteiger partial charge in [0.05, 0.1) is 6.61 Å². The van der Waals surface area contributed by atoms with E-state index in [-0.39, 0.29) is 12.6 Å². The van der Waals surface area contributed by atoms with Crippen molar-refractivity contribution in [1.29, 1.82) is 0 Å². The molecular weight excluding hydrogens is 278 g/mol. The summed E-state index contributed by atoms with van der Waals surface area (Å²) in [6, 6.07) is 7.32. The largest absolute Gasteiger partial charge is 0.395 e. The molecule has 1 aromatic rings. The average Bonchev–Trinajstić information content (AvgIpc) is 2.36. The highest BCUT2D eigenvalue weighted by Gasteiger charge is 2.20. The molecule has 3 heteroatoms. The van der Waals surface area contributed by atoms with Crippen LogP contribution in [0.15, 0.2) is 22.7 Å². The minimum Gasteiger partial charge on any atom is -0.395 e. The molecule has 1 unspecified atom stereocenters. The van der Waals surface area contributed by atoms with Crippen LogP contribution in [0.3, 0.4) is 0 Å². The number of hydrogen-bond donors (Lipinski definition) is 2. The molecule has 0 fully saturated rings. The van der Waals surface area contributed by atoms with Gasteiger partial charge >= 0.3 is 0 Å². The van der Waals surface area contributed by atoms with E-state index in [1.54, 1.807) is 0 Å². The van der Waals surface area contributed by atoms with Crippen molar-refractivity contribution in [1.82, 2.24) is 5.32 Å². The molecule has 0 aliphatic heterocycles. The molecule has 2 atom stereocenters. The molecule has 0 radical (unpaired) electrons. The van der Waals surface area contributed by atoms with Crippen LogP contribution < -0.4 is 5.32 Å². The molecule has 1 aliphatic carbocycles. The van der Waals surface area contributed by atoms with Crippen molar-refractivity contribution in [2.75, 3.05) is 6.61 Å². The van der Waals surface area contributed by atoms with Gasteiger partial charge in [0, 0.05) is 16.6 Å². The summed E-state index contributed by atoms with van der Waals surface area (Å²) in [4.78, 5) is 0. The summed E-state index contributed by atoms with van der Waals surface area (Å²) >= 11 is 3.52. The Kier molecular flexibility index (Phi) is 4.60. The van der Waals surface area contributed by atoms with E-state index in [2.05, 4.69) is 46.4 Å². The molecule has 2 N–H and O–H groups in total. The van der Waals surface area contributed by atoms with Crippen LogP contribution in [0.1, 0.15) is 30.9 Å². The van der Waals surface area contributed by atoms with Crippen LogP contribution in [-0.2, 0) is 12.8 Å². The van der Waals surface area contributed by atoms with Crippen LogP contribution in [0.5, 0.6) is 0 Å². The van der Waals surface area contributed by atoms with E-state index in [4.69, 9.17) is 0 Å². The second-order valence-corrected chi connectivity index (χ2v) is 5.72. The van der Waals surface area contributed by atoms with Gasteiger partial charge in [-0.1, -0.05) is 28.9 Å². The molecular formula is C14H20BrNO. The van der Waals surface area contributed by atoms with E-state index < -0.39 is 0 Å². The van der Waals surface area contributed by atoms with Crippen LogP contribution in [0, 0.1) is 0 Å². The molecule has 0 bridgehead atoms. The predicted molar refractivity (Wildman–Crippen MR) is 74.3 cm³/mol. The van der Waals surface area contributed by atoms with Gasteiger partial charge in [0.1, 0.15) is 0 Å². The number of rotatable bonds is 4. The van der Waals surface area contributed by atoms with Crippen molar-refractivity contribution in [3.8, 4) is 0 Å². The Morgan fingerprint density at radius 1 is 1.47 bits per heavy atom. The summed E-state index contributed by atoms with van der Waals surface area (Å²) in [6.45, 7) is 2.35. The fraction of sp³-hybridized carbons (Fsp3) is 0.571. The molecule has 0 aromatic heterocycles. The van der Waals surface area contributed by atoms with Gasteiger partial charge in [-0.15, -0.1) is 0 Å². The lowest BCUT2D eigenvalue weighted by Crippen LogP contribution is -2.43. The van der Waals surface area contributed by atoms with E-state index in [1.165, 1.54) is 22.0 Å². The van der Waals surface area contributed by atoms with Gasteiger partial charge in [-0.2, -0.15) is 0 Å². The molecule has 0 amide bonds. The first-order valence-corrected chi connectivity index (χ1v) is 7.16. The second kappa shape index (κ2) is 5.98. The number of aliphatic hydroxyl groups is 1. The number of fused-ring (bicyclic) bond motifs is 1. The van der Waals surface area contributed by atoms with E-state index in [0.29, 0.717) is 6.04 Å². The van der Waals surface area contributed by atoms with E-state index in [1.807, 2.05) is 0 Å². The number of hydrogen-bond acceptors (Lipinski definition) is 2. The SMILES string of the molecule is CC[C@@H](CO)NC1CCc2cc(Br)ccc2C1. The van der Waals surface area contributed by atoms with Gasteiger partial charge in [0.2, 0.25) is 0 Å². The maximum Gasteiger partial charge on any atom is 0.0584 e. The monoisotopic (exact) mass is 297 g/mol. The smallest absolute Gasteiger partial charge is 0.0584 e. The number of benzene rings is 1. The Balaban J connectivity index is 2.01. The zero-order valence-corrected chi connectivity index (χ0v) is 11.8. The molecule has 0 saturated carbocycles. The topological polar surface area (TPSA) is 32.3 Å². The minimum atomic E-state index is 0.236. The highest BCUT2D eigenvalue weighted by Crippen LogP contribution is 2.25. The van der Waals surface area contributed by atoms with E-state index in [9.17, 15) is 5.11 Å². The zero-order chi connectivity index (χ0) is 12.3. The minimum absolute atomic E-state index is 0.236. The lowest BCUT2D eigenvalue weighted by Gasteiger charge is -2.29.